The quantitative estimate of drug-likeness (QED) is 0.206. The Balaban J connectivity index is 1.55. The fraction of sp³-hybridized carbons (Fsp3) is 0.269. The van der Waals surface area contributed by atoms with Crippen LogP contribution < -0.4 is 20.3 Å². The number of nitrogens with zero attached hydrogens (tertiary/aromatic N) is 6. The van der Waals surface area contributed by atoms with Crippen molar-refractivity contribution in [1.29, 1.82) is 0 Å². The Kier molecular flexibility index (Phi) is 6.89. The Morgan fingerprint density at radius 3 is 2.66 bits per heavy atom. The van der Waals surface area contributed by atoms with Crippen molar-refractivity contribution in [3.8, 4) is 16.9 Å². The van der Waals surface area contributed by atoms with Crippen LogP contribution in [0.3, 0.4) is 0 Å². The maximum Gasteiger partial charge on any atom is 0.292 e. The Morgan fingerprint density at radius 2 is 1.92 bits per heavy atom. The molecule has 0 radical (unpaired) electrons. The second-order valence-corrected chi connectivity index (χ2v) is 10.0. The summed E-state index contributed by atoms with van der Waals surface area (Å²) in [4.78, 5) is 22.4. The van der Waals surface area contributed by atoms with Crippen LogP contribution in [0.1, 0.15) is 19.5 Å². The van der Waals surface area contributed by atoms with Gasteiger partial charge >= 0.3 is 0 Å². The summed E-state index contributed by atoms with van der Waals surface area (Å²) in [5.41, 5.74) is 5.31. The molecule has 0 bridgehead atoms. The minimum atomic E-state index is -0.440. The van der Waals surface area contributed by atoms with Crippen LogP contribution in [0, 0.1) is 10.1 Å². The summed E-state index contributed by atoms with van der Waals surface area (Å²) >= 11 is 3.44. The van der Waals surface area contributed by atoms with Crippen LogP contribution in [-0.4, -0.2) is 44.4 Å². The lowest BCUT2D eigenvalue weighted by Gasteiger charge is -2.30. The molecule has 4 aromatic rings. The van der Waals surface area contributed by atoms with Gasteiger partial charge in [0.2, 0.25) is 5.95 Å². The van der Waals surface area contributed by atoms with Crippen LogP contribution in [0.15, 0.2) is 53.3 Å². The number of anilines is 5. The van der Waals surface area contributed by atoms with Crippen molar-refractivity contribution >= 4 is 50.4 Å². The third-order valence-electron chi connectivity index (χ3n) is 6.54. The molecular formula is C26H27BrN8O3. The fourth-order valence-corrected chi connectivity index (χ4v) is 4.95. The van der Waals surface area contributed by atoms with E-state index in [1.165, 1.54) is 11.8 Å². The van der Waals surface area contributed by atoms with Gasteiger partial charge in [0.05, 0.1) is 28.4 Å². The van der Waals surface area contributed by atoms with Gasteiger partial charge in [0, 0.05) is 66.9 Å². The highest BCUT2D eigenvalue weighted by molar-refractivity contribution is 9.10. The lowest BCUT2D eigenvalue weighted by molar-refractivity contribution is -0.383. The molecule has 2 aromatic carbocycles. The summed E-state index contributed by atoms with van der Waals surface area (Å²) in [6, 6.07) is 10.8. The zero-order chi connectivity index (χ0) is 27.0. The molecule has 0 unspecified atom stereocenters. The van der Waals surface area contributed by atoms with Crippen molar-refractivity contribution in [2.45, 2.75) is 26.3 Å². The molecule has 11 nitrogen and oxygen atoms in total. The number of para-hydroxylation sites is 2. The molecule has 0 saturated carbocycles. The number of halogens is 1. The topological polar surface area (TPSA) is 123 Å². The maximum atomic E-state index is 11.5. The second-order valence-electron chi connectivity index (χ2n) is 9.15. The number of nitrogens with one attached hydrogen (secondary N) is 2. The van der Waals surface area contributed by atoms with Gasteiger partial charge in [-0.3, -0.25) is 14.8 Å². The zero-order valence-electron chi connectivity index (χ0n) is 21.4. The molecule has 0 saturated heterocycles. The third kappa shape index (κ3) is 4.74. The predicted molar refractivity (Wildman–Crippen MR) is 151 cm³/mol. The first kappa shape index (κ1) is 25.5. The summed E-state index contributed by atoms with van der Waals surface area (Å²) in [6.07, 6.45) is 4.36. The van der Waals surface area contributed by atoms with Crippen molar-refractivity contribution in [1.82, 2.24) is 19.7 Å². The SMILES string of the molecule is COc1cc2c(cc1Nc1ncc(Br)c(Nc3ccccc3[N+](=O)[O-])n1)-c1cnn(C)c1CCN2C(C)C. The smallest absolute Gasteiger partial charge is 0.292 e. The van der Waals surface area contributed by atoms with Gasteiger partial charge in [-0.15, -0.1) is 0 Å². The number of hydrogen-bond donors (Lipinski definition) is 2. The minimum Gasteiger partial charge on any atom is -0.494 e. The van der Waals surface area contributed by atoms with Gasteiger partial charge in [-0.2, -0.15) is 10.1 Å². The third-order valence-corrected chi connectivity index (χ3v) is 7.12. The average Bonchev–Trinajstić information content (AvgIpc) is 3.17. The van der Waals surface area contributed by atoms with E-state index >= 15 is 0 Å². The average molecular weight is 579 g/mol. The second kappa shape index (κ2) is 10.3. The van der Waals surface area contributed by atoms with Gasteiger partial charge in [0.15, 0.2) is 5.82 Å². The highest BCUT2D eigenvalue weighted by Gasteiger charge is 2.26. The van der Waals surface area contributed by atoms with E-state index in [-0.39, 0.29) is 5.69 Å². The van der Waals surface area contributed by atoms with E-state index in [4.69, 9.17) is 4.74 Å². The molecule has 38 heavy (non-hydrogen) atoms. The molecule has 1 aliphatic rings. The van der Waals surface area contributed by atoms with E-state index in [9.17, 15) is 10.1 Å². The van der Waals surface area contributed by atoms with E-state index in [1.807, 2.05) is 30.1 Å². The Morgan fingerprint density at radius 1 is 1.13 bits per heavy atom. The number of benzene rings is 2. The summed E-state index contributed by atoms with van der Waals surface area (Å²) in [6.45, 7) is 5.22. The van der Waals surface area contributed by atoms with Gasteiger partial charge in [0.1, 0.15) is 11.4 Å². The minimum absolute atomic E-state index is 0.0538. The van der Waals surface area contributed by atoms with Crippen molar-refractivity contribution in [3.63, 3.8) is 0 Å². The van der Waals surface area contributed by atoms with Crippen LogP contribution in [0.2, 0.25) is 0 Å². The van der Waals surface area contributed by atoms with Gasteiger partial charge in [0.25, 0.3) is 5.69 Å². The number of rotatable bonds is 7. The Bertz CT molecular complexity index is 1520. The number of aromatic nitrogens is 4. The van der Waals surface area contributed by atoms with E-state index in [0.717, 1.165) is 29.8 Å². The zero-order valence-corrected chi connectivity index (χ0v) is 23.0. The molecule has 12 heteroatoms. The predicted octanol–water partition coefficient (Wildman–Crippen LogP) is 5.81. The number of hydrogen-bond acceptors (Lipinski definition) is 9. The number of nitro groups is 1. The summed E-state index contributed by atoms with van der Waals surface area (Å²) in [5, 5.41) is 22.3. The summed E-state index contributed by atoms with van der Waals surface area (Å²) < 4.78 is 8.26. The van der Waals surface area contributed by atoms with Crippen LogP contribution >= 0.6 is 15.9 Å². The van der Waals surface area contributed by atoms with Crippen LogP contribution in [0.4, 0.5) is 34.5 Å². The molecule has 0 atom stereocenters. The normalized spacial score (nSPS) is 12.5. The maximum absolute atomic E-state index is 11.5. The highest BCUT2D eigenvalue weighted by atomic mass is 79.9. The molecule has 2 N–H and O–H groups in total. The first-order valence-electron chi connectivity index (χ1n) is 12.1. The number of ether oxygens (including phenoxy) is 1. The number of fused-ring (bicyclic) bond motifs is 3. The standard InChI is InChI=1S/C26H27BrN8O3/c1-15(2)34-10-9-21-17(13-29-33(21)3)16-11-20(24(38-4)12-23(16)34)31-26-28-14-18(27)25(32-26)30-19-7-5-6-8-22(19)35(36)37/h5-8,11-15H,9-10H2,1-4H3,(H2,28,30,31,32). The molecule has 1 aliphatic heterocycles. The number of aryl methyl sites for hydroxylation is 1. The molecule has 3 heterocycles. The van der Waals surface area contributed by atoms with E-state index in [0.29, 0.717) is 39.4 Å². The molecule has 196 valence electrons. The highest BCUT2D eigenvalue weighted by Crippen LogP contribution is 2.43. The fourth-order valence-electron chi connectivity index (χ4n) is 4.66. The van der Waals surface area contributed by atoms with Gasteiger partial charge in [-0.1, -0.05) is 12.1 Å². The number of nitro benzene ring substituents is 1. The molecule has 0 amide bonds. The molecule has 5 rings (SSSR count). The van der Waals surface area contributed by atoms with Crippen molar-refractivity contribution in [2.75, 3.05) is 29.2 Å². The number of methoxy groups -OCH3 is 1. The summed E-state index contributed by atoms with van der Waals surface area (Å²) in [7, 11) is 3.59. The molecular weight excluding hydrogens is 552 g/mol. The van der Waals surface area contributed by atoms with Crippen LogP contribution in [0.5, 0.6) is 5.75 Å². The monoisotopic (exact) mass is 578 g/mol. The lowest BCUT2D eigenvalue weighted by Crippen LogP contribution is -2.32. The van der Waals surface area contributed by atoms with Gasteiger partial charge in [-0.05, 0) is 41.9 Å². The van der Waals surface area contributed by atoms with Crippen LogP contribution in [0.25, 0.3) is 11.1 Å². The van der Waals surface area contributed by atoms with Crippen LogP contribution in [-0.2, 0) is 13.5 Å². The van der Waals surface area contributed by atoms with Gasteiger partial charge in [-0.25, -0.2) is 4.98 Å². The van der Waals surface area contributed by atoms with Crippen molar-refractivity contribution in [3.05, 3.63) is 69.1 Å². The summed E-state index contributed by atoms with van der Waals surface area (Å²) in [5.74, 6) is 1.32. The molecule has 2 aromatic heterocycles. The first-order chi connectivity index (χ1) is 18.3. The van der Waals surface area contributed by atoms with Crippen molar-refractivity contribution < 1.29 is 9.66 Å². The van der Waals surface area contributed by atoms with E-state index in [2.05, 4.69) is 60.4 Å². The largest absolute Gasteiger partial charge is 0.494 e. The van der Waals surface area contributed by atoms with Crippen molar-refractivity contribution in [2.24, 2.45) is 7.05 Å². The van der Waals surface area contributed by atoms with E-state index < -0.39 is 4.92 Å². The van der Waals surface area contributed by atoms with Gasteiger partial charge < -0.3 is 20.3 Å². The lowest BCUT2D eigenvalue weighted by atomic mass is 10.0. The molecule has 0 spiro atoms. The first-order valence-corrected chi connectivity index (χ1v) is 12.9. The Labute approximate surface area is 228 Å². The van der Waals surface area contributed by atoms with E-state index in [1.54, 1.807) is 31.5 Å². The molecule has 0 fully saturated rings. The Hall–Kier alpha value is -4.19. The molecule has 0 aliphatic carbocycles.